The van der Waals surface area contributed by atoms with E-state index in [1.54, 1.807) is 12.3 Å². The number of amides is 1. The first kappa shape index (κ1) is 15.3. The molecule has 0 aliphatic carbocycles. The molecule has 0 radical (unpaired) electrons. The van der Waals surface area contributed by atoms with Crippen LogP contribution < -0.4 is 10.6 Å². The van der Waals surface area contributed by atoms with E-state index in [4.69, 9.17) is 11.6 Å². The molecule has 0 aliphatic heterocycles. The summed E-state index contributed by atoms with van der Waals surface area (Å²) in [7, 11) is 0. The SMILES string of the molecule is CC(C)C(=O)Nc1ccc(NCc2ccc(Cl)cc2)cn1. The van der Waals surface area contributed by atoms with Gasteiger partial charge in [-0.15, -0.1) is 0 Å². The molecule has 0 spiro atoms. The average molecular weight is 304 g/mol. The Morgan fingerprint density at radius 2 is 1.90 bits per heavy atom. The smallest absolute Gasteiger partial charge is 0.228 e. The summed E-state index contributed by atoms with van der Waals surface area (Å²) in [5.74, 6) is 0.463. The number of nitrogens with zero attached hydrogens (tertiary/aromatic N) is 1. The molecule has 0 atom stereocenters. The van der Waals surface area contributed by atoms with Crippen molar-refractivity contribution in [3.8, 4) is 0 Å². The van der Waals surface area contributed by atoms with Gasteiger partial charge in [0.2, 0.25) is 5.91 Å². The maximum Gasteiger partial charge on any atom is 0.228 e. The van der Waals surface area contributed by atoms with Crippen LogP contribution in [0.25, 0.3) is 0 Å². The molecule has 1 amide bonds. The second-order valence-corrected chi connectivity index (χ2v) is 5.49. The van der Waals surface area contributed by atoms with Crippen LogP contribution in [0.15, 0.2) is 42.6 Å². The highest BCUT2D eigenvalue weighted by Gasteiger charge is 2.07. The molecule has 1 aromatic heterocycles. The van der Waals surface area contributed by atoms with E-state index >= 15 is 0 Å². The van der Waals surface area contributed by atoms with Gasteiger partial charge in [0, 0.05) is 17.5 Å². The lowest BCUT2D eigenvalue weighted by molar-refractivity contribution is -0.118. The summed E-state index contributed by atoms with van der Waals surface area (Å²) in [6.45, 7) is 4.38. The summed E-state index contributed by atoms with van der Waals surface area (Å²) in [5.41, 5.74) is 2.03. The van der Waals surface area contributed by atoms with Gasteiger partial charge in [-0.05, 0) is 29.8 Å². The molecular weight excluding hydrogens is 286 g/mol. The zero-order valence-corrected chi connectivity index (χ0v) is 12.8. The summed E-state index contributed by atoms with van der Waals surface area (Å²) in [6.07, 6.45) is 1.70. The predicted octanol–water partition coefficient (Wildman–Crippen LogP) is 3.94. The van der Waals surface area contributed by atoms with Crippen molar-refractivity contribution in [3.63, 3.8) is 0 Å². The highest BCUT2D eigenvalue weighted by molar-refractivity contribution is 6.30. The number of rotatable bonds is 5. The molecule has 2 rings (SSSR count). The van der Waals surface area contributed by atoms with Crippen LogP contribution in [0, 0.1) is 5.92 Å². The Balaban J connectivity index is 1.90. The number of benzene rings is 1. The van der Waals surface area contributed by atoms with E-state index in [9.17, 15) is 4.79 Å². The second kappa shape index (κ2) is 7.09. The summed E-state index contributed by atoms with van der Waals surface area (Å²) in [5, 5.41) is 6.75. The number of hydrogen-bond acceptors (Lipinski definition) is 3. The zero-order valence-electron chi connectivity index (χ0n) is 12.1. The first-order valence-corrected chi connectivity index (χ1v) is 7.17. The molecule has 21 heavy (non-hydrogen) atoms. The summed E-state index contributed by atoms with van der Waals surface area (Å²) in [6, 6.07) is 11.3. The monoisotopic (exact) mass is 303 g/mol. The van der Waals surface area contributed by atoms with Crippen molar-refractivity contribution >= 4 is 29.0 Å². The third kappa shape index (κ3) is 4.76. The second-order valence-electron chi connectivity index (χ2n) is 5.06. The average Bonchev–Trinajstić information content (AvgIpc) is 2.48. The Hall–Kier alpha value is -2.07. The summed E-state index contributed by atoms with van der Waals surface area (Å²) in [4.78, 5) is 15.8. The van der Waals surface area contributed by atoms with E-state index in [0.29, 0.717) is 12.4 Å². The first-order valence-electron chi connectivity index (χ1n) is 6.80. The normalized spacial score (nSPS) is 10.5. The fourth-order valence-electron chi connectivity index (χ4n) is 1.65. The fourth-order valence-corrected chi connectivity index (χ4v) is 1.78. The van der Waals surface area contributed by atoms with Crippen LogP contribution in [0.5, 0.6) is 0 Å². The van der Waals surface area contributed by atoms with E-state index in [0.717, 1.165) is 16.3 Å². The number of aromatic nitrogens is 1. The van der Waals surface area contributed by atoms with Crippen molar-refractivity contribution in [3.05, 3.63) is 53.2 Å². The van der Waals surface area contributed by atoms with Crippen molar-refractivity contribution < 1.29 is 4.79 Å². The molecule has 1 heterocycles. The van der Waals surface area contributed by atoms with E-state index in [2.05, 4.69) is 15.6 Å². The van der Waals surface area contributed by atoms with Crippen molar-refractivity contribution in [2.45, 2.75) is 20.4 Å². The largest absolute Gasteiger partial charge is 0.380 e. The van der Waals surface area contributed by atoms with Crippen LogP contribution in [0.1, 0.15) is 19.4 Å². The molecule has 0 saturated carbocycles. The van der Waals surface area contributed by atoms with Crippen molar-refractivity contribution in [2.24, 2.45) is 5.92 Å². The number of nitrogens with one attached hydrogen (secondary N) is 2. The van der Waals surface area contributed by atoms with E-state index in [1.807, 2.05) is 44.2 Å². The molecule has 1 aromatic carbocycles. The lowest BCUT2D eigenvalue weighted by atomic mass is 10.2. The van der Waals surface area contributed by atoms with Crippen LogP contribution in [0.3, 0.4) is 0 Å². The van der Waals surface area contributed by atoms with E-state index in [1.165, 1.54) is 0 Å². The molecule has 5 heteroatoms. The van der Waals surface area contributed by atoms with Gasteiger partial charge in [0.05, 0.1) is 11.9 Å². The van der Waals surface area contributed by atoms with Crippen LogP contribution in [0.2, 0.25) is 5.02 Å². The third-order valence-electron chi connectivity index (χ3n) is 2.95. The quantitative estimate of drug-likeness (QED) is 0.879. The number of carbonyl (C=O) groups excluding carboxylic acids is 1. The lowest BCUT2D eigenvalue weighted by Gasteiger charge is -2.09. The van der Waals surface area contributed by atoms with Gasteiger partial charge in [-0.2, -0.15) is 0 Å². The molecule has 0 aliphatic rings. The molecular formula is C16H18ClN3O. The summed E-state index contributed by atoms with van der Waals surface area (Å²) < 4.78 is 0. The van der Waals surface area contributed by atoms with E-state index < -0.39 is 0 Å². The van der Waals surface area contributed by atoms with Crippen LogP contribution in [-0.2, 0) is 11.3 Å². The molecule has 0 fully saturated rings. The van der Waals surface area contributed by atoms with Gasteiger partial charge in [0.1, 0.15) is 5.82 Å². The van der Waals surface area contributed by atoms with Gasteiger partial charge < -0.3 is 10.6 Å². The van der Waals surface area contributed by atoms with Crippen molar-refractivity contribution in [2.75, 3.05) is 10.6 Å². The summed E-state index contributed by atoms with van der Waals surface area (Å²) >= 11 is 5.85. The molecule has 2 aromatic rings. The van der Waals surface area contributed by atoms with Crippen molar-refractivity contribution in [1.82, 2.24) is 4.98 Å². The Morgan fingerprint density at radius 1 is 1.19 bits per heavy atom. The molecule has 0 unspecified atom stereocenters. The number of carbonyl (C=O) groups is 1. The van der Waals surface area contributed by atoms with Crippen molar-refractivity contribution in [1.29, 1.82) is 0 Å². The lowest BCUT2D eigenvalue weighted by Crippen LogP contribution is -2.18. The standard InChI is InChI=1S/C16H18ClN3O/c1-11(2)16(21)20-15-8-7-14(10-19-15)18-9-12-3-5-13(17)6-4-12/h3-8,10-11,18H,9H2,1-2H3,(H,19,20,21). The van der Waals surface area contributed by atoms with Gasteiger partial charge in [-0.25, -0.2) is 4.98 Å². The molecule has 0 bridgehead atoms. The maximum absolute atomic E-state index is 11.6. The minimum absolute atomic E-state index is 0.0376. The minimum Gasteiger partial charge on any atom is -0.380 e. The van der Waals surface area contributed by atoms with Gasteiger partial charge in [-0.1, -0.05) is 37.6 Å². The topological polar surface area (TPSA) is 54.0 Å². The third-order valence-corrected chi connectivity index (χ3v) is 3.20. The number of pyridine rings is 1. The van der Waals surface area contributed by atoms with Gasteiger partial charge >= 0.3 is 0 Å². The Morgan fingerprint density at radius 3 is 2.48 bits per heavy atom. The first-order chi connectivity index (χ1) is 10.0. The Labute approximate surface area is 129 Å². The molecule has 4 nitrogen and oxygen atoms in total. The van der Waals surface area contributed by atoms with Crippen LogP contribution in [-0.4, -0.2) is 10.9 Å². The Kier molecular flexibility index (Phi) is 5.17. The van der Waals surface area contributed by atoms with Crippen LogP contribution in [0.4, 0.5) is 11.5 Å². The van der Waals surface area contributed by atoms with Gasteiger partial charge in [0.15, 0.2) is 0 Å². The van der Waals surface area contributed by atoms with Gasteiger partial charge in [-0.3, -0.25) is 4.79 Å². The van der Waals surface area contributed by atoms with E-state index in [-0.39, 0.29) is 11.8 Å². The molecule has 2 N–H and O–H groups in total. The minimum atomic E-state index is -0.0606. The number of hydrogen-bond donors (Lipinski definition) is 2. The molecule has 0 saturated heterocycles. The van der Waals surface area contributed by atoms with Crippen LogP contribution >= 0.6 is 11.6 Å². The highest BCUT2D eigenvalue weighted by Crippen LogP contribution is 2.14. The number of anilines is 2. The number of halogens is 1. The zero-order chi connectivity index (χ0) is 15.2. The predicted molar refractivity (Wildman–Crippen MR) is 86.5 cm³/mol. The molecule has 110 valence electrons. The fraction of sp³-hybridized carbons (Fsp3) is 0.250. The van der Waals surface area contributed by atoms with Gasteiger partial charge in [0.25, 0.3) is 0 Å². The Bertz CT molecular complexity index is 594. The highest BCUT2D eigenvalue weighted by atomic mass is 35.5. The maximum atomic E-state index is 11.6.